The van der Waals surface area contributed by atoms with E-state index >= 15 is 0 Å². The number of aromatic hydroxyl groups is 2. The number of phenolic OH excluding ortho intramolecular Hbond substituents is 2. The Morgan fingerprint density at radius 2 is 1.73 bits per heavy atom. The van der Waals surface area contributed by atoms with Gasteiger partial charge in [-0.1, -0.05) is 6.07 Å². The average Bonchev–Trinajstić information content (AvgIpc) is 2.17. The molecule has 0 aliphatic carbocycles. The molecule has 1 rings (SSSR count). The van der Waals surface area contributed by atoms with Gasteiger partial charge in [-0.05, 0) is 26.0 Å². The van der Waals surface area contributed by atoms with Crippen LogP contribution in [0.3, 0.4) is 0 Å². The second-order valence-corrected chi connectivity index (χ2v) is 3.68. The van der Waals surface area contributed by atoms with Gasteiger partial charge in [0.05, 0.1) is 12.2 Å². The van der Waals surface area contributed by atoms with Crippen LogP contribution in [0.4, 0.5) is 0 Å². The van der Waals surface area contributed by atoms with E-state index in [0.29, 0.717) is 5.56 Å². The van der Waals surface area contributed by atoms with Crippen LogP contribution in [0.15, 0.2) is 18.2 Å². The molecule has 0 fully saturated rings. The topological polar surface area (TPSA) is 72.7 Å². The van der Waals surface area contributed by atoms with Crippen LogP contribution in [-0.2, 0) is 0 Å². The summed E-state index contributed by atoms with van der Waals surface area (Å²) in [6.45, 7) is 3.66. The molecule has 1 aromatic rings. The summed E-state index contributed by atoms with van der Waals surface area (Å²) in [5.41, 5.74) is 0.456. The second-order valence-electron chi connectivity index (χ2n) is 3.68. The van der Waals surface area contributed by atoms with Crippen LogP contribution < -0.4 is 5.32 Å². The molecule has 0 saturated carbocycles. The maximum Gasteiger partial charge on any atom is 0.124 e. The number of phenols is 2. The van der Waals surface area contributed by atoms with Gasteiger partial charge in [-0.3, -0.25) is 0 Å². The molecule has 0 amide bonds. The van der Waals surface area contributed by atoms with E-state index in [4.69, 9.17) is 5.11 Å². The maximum absolute atomic E-state index is 9.58. The van der Waals surface area contributed by atoms with Gasteiger partial charge in [0.1, 0.15) is 11.5 Å². The number of benzene rings is 1. The lowest BCUT2D eigenvalue weighted by atomic mass is 10.1. The molecule has 0 radical (unpaired) electrons. The van der Waals surface area contributed by atoms with Crippen molar-refractivity contribution < 1.29 is 15.3 Å². The minimum absolute atomic E-state index is 0.0126. The van der Waals surface area contributed by atoms with Gasteiger partial charge in [-0.25, -0.2) is 0 Å². The molecule has 0 saturated heterocycles. The summed E-state index contributed by atoms with van der Waals surface area (Å²) in [5, 5.41) is 31.1. The molecule has 4 nitrogen and oxygen atoms in total. The zero-order chi connectivity index (χ0) is 11.4. The number of aliphatic hydroxyl groups excluding tert-OH is 1. The normalized spacial score (nSPS) is 14.9. The number of hydrogen-bond donors (Lipinski definition) is 4. The second kappa shape index (κ2) is 5.00. The molecule has 4 heteroatoms. The van der Waals surface area contributed by atoms with Gasteiger partial charge in [-0.2, -0.15) is 0 Å². The predicted octanol–water partition coefficient (Wildman–Crippen LogP) is 1.13. The molecule has 0 bridgehead atoms. The molecular formula is C11H17NO3. The number of aliphatic hydroxyl groups is 1. The van der Waals surface area contributed by atoms with Gasteiger partial charge in [0.15, 0.2) is 0 Å². The highest BCUT2D eigenvalue weighted by Gasteiger charge is 2.16. The van der Waals surface area contributed by atoms with Crippen molar-refractivity contribution in [3.63, 3.8) is 0 Å². The molecule has 0 aliphatic heterocycles. The average molecular weight is 211 g/mol. The fourth-order valence-corrected chi connectivity index (χ4v) is 1.55. The SMILES string of the molecule is CC(CO)NC(C)c1c(O)cccc1O. The molecule has 1 aromatic carbocycles. The highest BCUT2D eigenvalue weighted by Crippen LogP contribution is 2.32. The third-order valence-electron chi connectivity index (χ3n) is 2.30. The molecule has 0 aromatic heterocycles. The first-order chi connectivity index (χ1) is 7.06. The lowest BCUT2D eigenvalue weighted by Crippen LogP contribution is -2.31. The van der Waals surface area contributed by atoms with Crippen molar-refractivity contribution in [2.24, 2.45) is 0 Å². The molecule has 2 atom stereocenters. The molecule has 15 heavy (non-hydrogen) atoms. The van der Waals surface area contributed by atoms with Crippen molar-refractivity contribution in [1.82, 2.24) is 5.32 Å². The largest absolute Gasteiger partial charge is 0.507 e. The predicted molar refractivity (Wildman–Crippen MR) is 57.9 cm³/mol. The zero-order valence-electron chi connectivity index (χ0n) is 8.94. The van der Waals surface area contributed by atoms with Gasteiger partial charge < -0.3 is 20.6 Å². The van der Waals surface area contributed by atoms with Gasteiger partial charge in [0, 0.05) is 12.1 Å². The summed E-state index contributed by atoms with van der Waals surface area (Å²) in [4.78, 5) is 0. The first-order valence-corrected chi connectivity index (χ1v) is 4.94. The van der Waals surface area contributed by atoms with Crippen molar-refractivity contribution in [3.05, 3.63) is 23.8 Å². The van der Waals surface area contributed by atoms with Crippen molar-refractivity contribution in [1.29, 1.82) is 0 Å². The summed E-state index contributed by atoms with van der Waals surface area (Å²) in [6, 6.07) is 4.33. The Kier molecular flexibility index (Phi) is 3.94. The van der Waals surface area contributed by atoms with E-state index in [9.17, 15) is 10.2 Å². The van der Waals surface area contributed by atoms with E-state index in [1.807, 2.05) is 13.8 Å². The van der Waals surface area contributed by atoms with Gasteiger partial charge in [0.2, 0.25) is 0 Å². The van der Waals surface area contributed by atoms with Crippen LogP contribution in [0.1, 0.15) is 25.5 Å². The molecule has 0 heterocycles. The van der Waals surface area contributed by atoms with Gasteiger partial charge in [-0.15, -0.1) is 0 Å². The van der Waals surface area contributed by atoms with Crippen molar-refractivity contribution in [3.8, 4) is 11.5 Å². The third kappa shape index (κ3) is 2.84. The third-order valence-corrected chi connectivity index (χ3v) is 2.30. The Morgan fingerprint density at radius 3 is 2.20 bits per heavy atom. The number of rotatable bonds is 4. The van der Waals surface area contributed by atoms with Crippen LogP contribution in [-0.4, -0.2) is 28.0 Å². The number of hydrogen-bond acceptors (Lipinski definition) is 4. The van der Waals surface area contributed by atoms with E-state index in [2.05, 4.69) is 5.32 Å². The lowest BCUT2D eigenvalue weighted by Gasteiger charge is -2.20. The first-order valence-electron chi connectivity index (χ1n) is 4.94. The summed E-state index contributed by atoms with van der Waals surface area (Å²) >= 11 is 0. The highest BCUT2D eigenvalue weighted by molar-refractivity contribution is 5.44. The quantitative estimate of drug-likeness (QED) is 0.602. The Labute approximate surface area is 89.2 Å². The van der Waals surface area contributed by atoms with E-state index < -0.39 is 0 Å². The lowest BCUT2D eigenvalue weighted by molar-refractivity contribution is 0.241. The summed E-state index contributed by atoms with van der Waals surface area (Å²) in [5.74, 6) is 0.111. The highest BCUT2D eigenvalue weighted by atomic mass is 16.3. The molecule has 0 aliphatic rings. The Hall–Kier alpha value is -1.26. The Bertz CT molecular complexity index is 307. The molecule has 2 unspecified atom stereocenters. The summed E-state index contributed by atoms with van der Waals surface area (Å²) < 4.78 is 0. The zero-order valence-corrected chi connectivity index (χ0v) is 8.94. The fraction of sp³-hybridized carbons (Fsp3) is 0.455. The van der Waals surface area contributed by atoms with Crippen LogP contribution in [0, 0.1) is 0 Å². The summed E-state index contributed by atoms with van der Waals surface area (Å²) in [7, 11) is 0. The smallest absolute Gasteiger partial charge is 0.124 e. The van der Waals surface area contributed by atoms with E-state index in [1.54, 1.807) is 6.07 Å². The molecule has 0 spiro atoms. The Balaban J connectivity index is 2.86. The van der Waals surface area contributed by atoms with Gasteiger partial charge >= 0.3 is 0 Å². The van der Waals surface area contributed by atoms with Crippen LogP contribution in [0.25, 0.3) is 0 Å². The molecule has 4 N–H and O–H groups in total. The summed E-state index contributed by atoms with van der Waals surface area (Å²) in [6.07, 6.45) is 0. The van der Waals surface area contributed by atoms with Crippen LogP contribution in [0.5, 0.6) is 11.5 Å². The van der Waals surface area contributed by atoms with Crippen molar-refractivity contribution in [2.45, 2.75) is 25.9 Å². The van der Waals surface area contributed by atoms with Gasteiger partial charge in [0.25, 0.3) is 0 Å². The Morgan fingerprint density at radius 1 is 1.20 bits per heavy atom. The van der Waals surface area contributed by atoms with Crippen LogP contribution in [0.2, 0.25) is 0 Å². The van der Waals surface area contributed by atoms with Crippen molar-refractivity contribution >= 4 is 0 Å². The minimum atomic E-state index is -0.214. The maximum atomic E-state index is 9.58. The van der Waals surface area contributed by atoms with E-state index in [0.717, 1.165) is 0 Å². The molecular weight excluding hydrogens is 194 g/mol. The number of nitrogens with one attached hydrogen (secondary N) is 1. The van der Waals surface area contributed by atoms with E-state index in [-0.39, 0.29) is 30.2 Å². The van der Waals surface area contributed by atoms with Crippen molar-refractivity contribution in [2.75, 3.05) is 6.61 Å². The molecule has 84 valence electrons. The van der Waals surface area contributed by atoms with E-state index in [1.165, 1.54) is 12.1 Å². The first kappa shape index (κ1) is 11.8. The monoisotopic (exact) mass is 211 g/mol. The minimum Gasteiger partial charge on any atom is -0.507 e. The van der Waals surface area contributed by atoms with Crippen LogP contribution >= 0.6 is 0 Å². The fourth-order valence-electron chi connectivity index (χ4n) is 1.55. The standard InChI is InChI=1S/C11H17NO3/c1-7(6-13)12-8(2)11-9(14)4-3-5-10(11)15/h3-5,7-8,12-15H,6H2,1-2H3.